The summed E-state index contributed by atoms with van der Waals surface area (Å²) in [5.74, 6) is 1.14. The second-order valence-corrected chi connectivity index (χ2v) is 12.2. The Morgan fingerprint density at radius 1 is 1.12 bits per heavy atom. The number of hydrogen-bond donors (Lipinski definition) is 0. The second kappa shape index (κ2) is 12.3. The molecule has 0 unspecified atom stereocenters. The maximum Gasteiger partial charge on any atom is 0.271 e. The van der Waals surface area contributed by atoms with Gasteiger partial charge in [-0.05, 0) is 75.7 Å². The number of carbonyl (C=O) groups excluding carboxylic acids is 1. The largest absolute Gasteiger partial charge is 0.496 e. The number of methoxy groups -OCH3 is 1. The third kappa shape index (κ3) is 5.43. The van der Waals surface area contributed by atoms with E-state index in [4.69, 9.17) is 14.5 Å². The molecule has 0 saturated carbocycles. The molecule has 0 aliphatic carbocycles. The van der Waals surface area contributed by atoms with Crippen LogP contribution in [0.1, 0.15) is 51.8 Å². The third-order valence-electron chi connectivity index (χ3n) is 7.35. The van der Waals surface area contributed by atoms with E-state index < -0.39 is 6.04 Å². The first-order chi connectivity index (χ1) is 20.2. The molecule has 1 aliphatic heterocycles. The van der Waals surface area contributed by atoms with Crippen LogP contribution in [0.25, 0.3) is 16.8 Å². The third-order valence-corrected chi connectivity index (χ3v) is 8.82. The van der Waals surface area contributed by atoms with Crippen molar-refractivity contribution in [1.29, 1.82) is 0 Å². The predicted molar refractivity (Wildman–Crippen MR) is 172 cm³/mol. The van der Waals surface area contributed by atoms with Crippen LogP contribution in [0.15, 0.2) is 80.1 Å². The number of thiazole rings is 1. The summed E-state index contributed by atoms with van der Waals surface area (Å²) < 4.78 is 15.0. The zero-order valence-electron chi connectivity index (χ0n) is 24.6. The molecule has 9 heteroatoms. The smallest absolute Gasteiger partial charge is 0.271 e. The van der Waals surface area contributed by atoms with Crippen LogP contribution in [-0.2, 0) is 4.79 Å². The summed E-state index contributed by atoms with van der Waals surface area (Å²) >= 11 is 4.85. The van der Waals surface area contributed by atoms with E-state index in [1.165, 1.54) is 11.3 Å². The first kappa shape index (κ1) is 29.8. The fourth-order valence-corrected chi connectivity index (χ4v) is 6.84. The highest BCUT2D eigenvalue weighted by molar-refractivity contribution is 9.10. The van der Waals surface area contributed by atoms with Crippen LogP contribution in [0.3, 0.4) is 0 Å². The van der Waals surface area contributed by atoms with Crippen LogP contribution >= 0.6 is 27.3 Å². The summed E-state index contributed by atoms with van der Waals surface area (Å²) in [4.78, 5) is 35.6. The first-order valence-electron chi connectivity index (χ1n) is 14.0. The molecule has 218 valence electrons. The van der Waals surface area contributed by atoms with Gasteiger partial charge in [0.05, 0.1) is 29.0 Å². The highest BCUT2D eigenvalue weighted by Crippen LogP contribution is 2.40. The second-order valence-electron chi connectivity index (χ2n) is 10.3. The van der Waals surface area contributed by atoms with E-state index in [1.54, 1.807) is 16.6 Å². The minimum atomic E-state index is -0.730. The van der Waals surface area contributed by atoms with Crippen LogP contribution in [-0.4, -0.2) is 41.7 Å². The van der Waals surface area contributed by atoms with Crippen molar-refractivity contribution in [2.75, 3.05) is 20.2 Å². The summed E-state index contributed by atoms with van der Waals surface area (Å²) in [5, 5.41) is 1.90. The summed E-state index contributed by atoms with van der Waals surface area (Å²) in [7, 11) is 1.61. The highest BCUT2D eigenvalue weighted by atomic mass is 79.9. The number of aromatic nitrogens is 1. The van der Waals surface area contributed by atoms with Crippen molar-refractivity contribution in [3.63, 3.8) is 0 Å². The van der Waals surface area contributed by atoms with Gasteiger partial charge in [0.15, 0.2) is 4.80 Å². The lowest BCUT2D eigenvalue weighted by molar-refractivity contribution is -0.127. The maximum atomic E-state index is 14.4. The zero-order chi connectivity index (χ0) is 30.1. The molecule has 5 rings (SSSR count). The number of benzene rings is 3. The topological polar surface area (TPSA) is 73.1 Å². The van der Waals surface area contributed by atoms with E-state index in [-0.39, 0.29) is 17.6 Å². The van der Waals surface area contributed by atoms with Gasteiger partial charge < -0.3 is 14.4 Å². The van der Waals surface area contributed by atoms with E-state index in [1.807, 2.05) is 95.3 Å². The molecule has 0 fully saturated rings. The molecule has 0 radical (unpaired) electrons. The number of hydrogen-bond acceptors (Lipinski definition) is 6. The Labute approximate surface area is 257 Å². The van der Waals surface area contributed by atoms with Crippen molar-refractivity contribution >= 4 is 50.0 Å². The van der Waals surface area contributed by atoms with Crippen molar-refractivity contribution < 1.29 is 14.3 Å². The molecule has 1 aromatic heterocycles. The van der Waals surface area contributed by atoms with Crippen LogP contribution < -0.4 is 24.4 Å². The monoisotopic (exact) mass is 647 g/mol. The molecule has 1 amide bonds. The first-order valence-corrected chi connectivity index (χ1v) is 15.6. The molecule has 0 saturated heterocycles. The Hall–Kier alpha value is -3.69. The molecule has 7 nitrogen and oxygen atoms in total. The Bertz CT molecular complexity index is 1890. The van der Waals surface area contributed by atoms with Crippen LogP contribution in [0.2, 0.25) is 0 Å². The van der Waals surface area contributed by atoms with Gasteiger partial charge in [-0.15, -0.1) is 0 Å². The van der Waals surface area contributed by atoms with Gasteiger partial charge in [-0.1, -0.05) is 57.6 Å². The van der Waals surface area contributed by atoms with E-state index in [2.05, 4.69) is 15.9 Å². The fourth-order valence-electron chi connectivity index (χ4n) is 5.42. The van der Waals surface area contributed by atoms with Gasteiger partial charge in [-0.2, -0.15) is 0 Å². The molecule has 42 heavy (non-hydrogen) atoms. The van der Waals surface area contributed by atoms with E-state index in [0.717, 1.165) is 26.4 Å². The summed E-state index contributed by atoms with van der Waals surface area (Å²) in [6, 6.07) is 16.9. The van der Waals surface area contributed by atoms with Gasteiger partial charge in [0.25, 0.3) is 11.5 Å². The number of nitrogens with zero attached hydrogens (tertiary/aromatic N) is 3. The number of halogens is 1. The summed E-state index contributed by atoms with van der Waals surface area (Å²) in [6.45, 7) is 10.8. The van der Waals surface area contributed by atoms with Gasteiger partial charge in [0.2, 0.25) is 0 Å². The van der Waals surface area contributed by atoms with Crippen molar-refractivity contribution in [3.8, 4) is 11.5 Å². The number of rotatable bonds is 8. The molecule has 0 spiro atoms. The minimum absolute atomic E-state index is 0.0327. The normalized spacial score (nSPS) is 15.1. The predicted octanol–water partition coefficient (Wildman–Crippen LogP) is 5.82. The van der Waals surface area contributed by atoms with Crippen LogP contribution in [0.4, 0.5) is 0 Å². The Balaban J connectivity index is 1.84. The molecular formula is C33H34BrN3O4S. The number of carbonyl (C=O) groups is 1. The minimum Gasteiger partial charge on any atom is -0.496 e. The van der Waals surface area contributed by atoms with Crippen LogP contribution in [0, 0.1) is 0 Å². The molecule has 0 N–H and O–H groups in total. The average Bonchev–Trinajstić information content (AvgIpc) is 3.27. The number of fused-ring (bicyclic) bond motifs is 2. The average molecular weight is 649 g/mol. The van der Waals surface area contributed by atoms with E-state index in [0.29, 0.717) is 45.2 Å². The number of ether oxygens (including phenoxy) is 2. The van der Waals surface area contributed by atoms with Gasteiger partial charge >= 0.3 is 0 Å². The Morgan fingerprint density at radius 3 is 2.52 bits per heavy atom. The molecular weight excluding hydrogens is 614 g/mol. The van der Waals surface area contributed by atoms with E-state index in [9.17, 15) is 9.59 Å². The number of likely N-dealkylation sites (N-methyl/N-ethyl adjacent to an activating group) is 1. The van der Waals surface area contributed by atoms with Gasteiger partial charge in [-0.3, -0.25) is 14.2 Å². The van der Waals surface area contributed by atoms with Gasteiger partial charge in [-0.25, -0.2) is 4.99 Å². The fraction of sp³-hybridized carbons (Fsp3) is 0.303. The molecule has 1 atom stereocenters. The van der Waals surface area contributed by atoms with E-state index >= 15 is 0 Å². The lowest BCUT2D eigenvalue weighted by Crippen LogP contribution is -2.43. The lowest BCUT2D eigenvalue weighted by Gasteiger charge is -2.30. The van der Waals surface area contributed by atoms with Crippen molar-refractivity contribution in [1.82, 2.24) is 9.47 Å². The maximum absolute atomic E-state index is 14.4. The standard InChI is InChI=1S/C33H34BrN3O4S/c1-7-36(8-2)32(39)28-20(5)35-33-37(30(28)29-24-12-10-9-11-21(24)13-15-26(29)40-6)31(38)27(42-33)18-22-17-23(34)14-16-25(22)41-19(3)4/h9-19,30H,7-8H2,1-6H3/b27-18-/t30-/m0/s1. The molecule has 0 bridgehead atoms. The molecule has 3 aromatic carbocycles. The summed E-state index contributed by atoms with van der Waals surface area (Å²) in [5.41, 5.74) is 2.37. The Morgan fingerprint density at radius 2 is 1.83 bits per heavy atom. The molecule has 2 heterocycles. The number of allylic oxidation sites excluding steroid dienone is 1. The zero-order valence-corrected chi connectivity index (χ0v) is 27.0. The van der Waals surface area contributed by atoms with Gasteiger partial charge in [0, 0.05) is 28.7 Å². The number of amides is 1. The Kier molecular flexibility index (Phi) is 8.70. The van der Waals surface area contributed by atoms with Crippen molar-refractivity contribution in [3.05, 3.63) is 101 Å². The van der Waals surface area contributed by atoms with Crippen molar-refractivity contribution in [2.45, 2.75) is 46.8 Å². The molecule has 4 aromatic rings. The summed E-state index contributed by atoms with van der Waals surface area (Å²) in [6.07, 6.45) is 1.81. The van der Waals surface area contributed by atoms with Gasteiger partial charge in [0.1, 0.15) is 17.5 Å². The SMILES string of the molecule is CCN(CC)C(=O)C1=C(C)N=c2s/c(=C\c3cc(Br)ccc3OC(C)C)c(=O)n2[C@@H]1c1c(OC)ccc2ccccc12. The van der Waals surface area contributed by atoms with Crippen LogP contribution in [0.5, 0.6) is 11.5 Å². The quantitative estimate of drug-likeness (QED) is 0.242. The lowest BCUT2D eigenvalue weighted by atomic mass is 9.90. The highest BCUT2D eigenvalue weighted by Gasteiger charge is 2.36. The van der Waals surface area contributed by atoms with Crippen molar-refractivity contribution in [2.24, 2.45) is 4.99 Å². The molecule has 1 aliphatic rings.